The van der Waals surface area contributed by atoms with E-state index in [1.807, 2.05) is 0 Å². The molecule has 0 saturated heterocycles. The van der Waals surface area contributed by atoms with Crippen LogP contribution in [0.2, 0.25) is 0 Å². The van der Waals surface area contributed by atoms with Crippen LogP contribution in [0.4, 0.5) is 0 Å². The fraction of sp³-hybridized carbons (Fsp3) is 0.281. The van der Waals surface area contributed by atoms with Gasteiger partial charge in [-0.3, -0.25) is 0 Å². The molecule has 3 aromatic rings. The monoisotopic (exact) mass is 588 g/mol. The van der Waals surface area contributed by atoms with E-state index in [0.29, 0.717) is 5.92 Å². The van der Waals surface area contributed by atoms with Gasteiger partial charge in [-0.15, -0.1) is 24.8 Å². The molecular weight excluding hydrogens is 547 g/mol. The molecular formula is C32H42Cl2OSiTi. The molecule has 0 spiro atoms. The Morgan fingerprint density at radius 1 is 0.811 bits per heavy atom. The normalized spacial score (nSPS) is 16.4. The molecule has 0 amide bonds. The topological polar surface area (TPSA) is 9.23 Å². The summed E-state index contributed by atoms with van der Waals surface area (Å²) in [5.74, 6) is 1.25. The van der Waals surface area contributed by atoms with Crippen LogP contribution in [0.5, 0.6) is 5.75 Å². The molecule has 37 heavy (non-hydrogen) atoms. The van der Waals surface area contributed by atoms with Crippen LogP contribution in [0, 0.1) is 12.8 Å². The van der Waals surface area contributed by atoms with E-state index in [1.165, 1.54) is 39.1 Å². The van der Waals surface area contributed by atoms with Crippen LogP contribution in [-0.4, -0.2) is 15.1 Å². The zero-order valence-electron chi connectivity index (χ0n) is 23.5. The molecule has 0 aromatic heterocycles. The van der Waals surface area contributed by atoms with Crippen molar-refractivity contribution in [3.63, 3.8) is 0 Å². The molecule has 4 rings (SSSR count). The van der Waals surface area contributed by atoms with Crippen molar-refractivity contribution < 1.29 is 18.5 Å². The standard InChI is InChI=1S/C11H16O.C8H13Si.2C6H5.CH2.2ClH.Ti/c1-8-5-9(11(2,3)4)7-10(12)6-8;1-5-4-8(9)7(3)6(5)2;2*1-2-4-6-5-3-1;;;;/h5-7,12H,1-4H3;5H,1-3,9H3;2*1-5H;1H2;2*1H;/q;;;;;;;+1/p-1. The van der Waals surface area contributed by atoms with Gasteiger partial charge in [-0.1, -0.05) is 0 Å². The molecule has 1 unspecified atom stereocenters. The predicted molar refractivity (Wildman–Crippen MR) is 169 cm³/mol. The van der Waals surface area contributed by atoms with Crippen molar-refractivity contribution >= 4 is 47.6 Å². The number of hydrogen-bond acceptors (Lipinski definition) is 1. The third-order valence-electron chi connectivity index (χ3n) is 8.24. The molecule has 0 heterocycles. The van der Waals surface area contributed by atoms with Crippen LogP contribution >= 0.6 is 24.8 Å². The summed E-state index contributed by atoms with van der Waals surface area (Å²) < 4.78 is 11.6. The van der Waals surface area contributed by atoms with Crippen molar-refractivity contribution in [2.45, 2.75) is 53.9 Å². The maximum atomic E-state index is 7.62. The van der Waals surface area contributed by atoms with Gasteiger partial charge in [-0.25, -0.2) is 0 Å². The van der Waals surface area contributed by atoms with Crippen LogP contribution in [0.3, 0.4) is 0 Å². The molecule has 0 aliphatic heterocycles. The molecule has 0 bridgehead atoms. The molecule has 0 radical (unpaired) electrons. The van der Waals surface area contributed by atoms with Gasteiger partial charge in [0.15, 0.2) is 0 Å². The van der Waals surface area contributed by atoms with Crippen molar-refractivity contribution in [2.24, 2.45) is 5.92 Å². The number of benzene rings is 3. The van der Waals surface area contributed by atoms with Gasteiger partial charge in [-0.2, -0.15) is 0 Å². The quantitative estimate of drug-likeness (QED) is 0.299. The van der Waals surface area contributed by atoms with E-state index >= 15 is 0 Å². The van der Waals surface area contributed by atoms with Crippen molar-refractivity contribution in [3.05, 3.63) is 110 Å². The number of halogens is 2. The van der Waals surface area contributed by atoms with Crippen LogP contribution in [0.15, 0.2) is 99.1 Å². The minimum atomic E-state index is -4.56. The molecule has 1 nitrogen and oxygen atoms in total. The first-order chi connectivity index (χ1) is 16.4. The fourth-order valence-electron chi connectivity index (χ4n) is 5.95. The first kappa shape index (κ1) is 31.5. The third-order valence-corrected chi connectivity index (χ3v) is 19.3. The predicted octanol–water partition coefficient (Wildman–Crippen LogP) is 6.77. The number of rotatable bonds is 5. The van der Waals surface area contributed by atoms with Crippen molar-refractivity contribution in [2.75, 3.05) is 0 Å². The third kappa shape index (κ3) is 5.29. The number of hydrogen-bond donors (Lipinski definition) is 0. The van der Waals surface area contributed by atoms with E-state index in [9.17, 15) is 0 Å². The molecule has 1 aliphatic carbocycles. The molecule has 1 atom stereocenters. The zero-order valence-corrected chi connectivity index (χ0v) is 28.7. The molecule has 0 fully saturated rings. The van der Waals surface area contributed by atoms with E-state index in [2.05, 4.69) is 127 Å². The van der Waals surface area contributed by atoms with Gasteiger partial charge in [0.2, 0.25) is 0 Å². The Balaban J connectivity index is 0.00000241. The van der Waals surface area contributed by atoms with Crippen LogP contribution in [0.1, 0.15) is 52.7 Å². The van der Waals surface area contributed by atoms with Gasteiger partial charge in [0.05, 0.1) is 0 Å². The molecule has 0 N–H and O–H groups in total. The zero-order chi connectivity index (χ0) is 25.6. The second kappa shape index (κ2) is 11.2. The number of allylic oxidation sites excluding steroid dienone is 4. The summed E-state index contributed by atoms with van der Waals surface area (Å²) >= 11 is -4.56. The summed E-state index contributed by atoms with van der Waals surface area (Å²) in [5.41, 5.74) is 5.44. The van der Waals surface area contributed by atoms with Gasteiger partial charge in [0.25, 0.3) is 0 Å². The molecule has 0 saturated carbocycles. The van der Waals surface area contributed by atoms with Gasteiger partial charge >= 0.3 is 217 Å². The summed E-state index contributed by atoms with van der Waals surface area (Å²) in [6.45, 7) is 15.9. The number of aryl methyl sites for hydroxylation is 1. The summed E-state index contributed by atoms with van der Waals surface area (Å²) in [4.78, 5) is 5.32. The van der Waals surface area contributed by atoms with Gasteiger partial charge in [0, 0.05) is 0 Å². The minimum absolute atomic E-state index is 0. The average Bonchev–Trinajstić information content (AvgIpc) is 3.02. The fourth-order valence-corrected chi connectivity index (χ4v) is 18.1. The Kier molecular flexibility index (Phi) is 9.55. The molecule has 198 valence electrons. The van der Waals surface area contributed by atoms with Crippen LogP contribution in [0.25, 0.3) is 0 Å². The Morgan fingerprint density at radius 2 is 1.30 bits per heavy atom. The summed E-state index contributed by atoms with van der Waals surface area (Å²) in [7, 11) is 0.968. The Hall–Kier alpha value is -1.68. The summed E-state index contributed by atoms with van der Waals surface area (Å²) in [6.07, 6.45) is 0. The van der Waals surface area contributed by atoms with Crippen LogP contribution < -0.4 is 11.1 Å². The Labute approximate surface area is 240 Å². The van der Waals surface area contributed by atoms with E-state index in [-0.39, 0.29) is 30.2 Å². The van der Waals surface area contributed by atoms with E-state index in [1.54, 1.807) is 0 Å². The van der Waals surface area contributed by atoms with Gasteiger partial charge in [0.1, 0.15) is 0 Å². The van der Waals surface area contributed by atoms with E-state index in [0.717, 1.165) is 16.0 Å². The van der Waals surface area contributed by atoms with E-state index < -0.39 is 15.2 Å². The first-order valence-corrected chi connectivity index (χ1v) is 17.8. The van der Waals surface area contributed by atoms with E-state index in [4.69, 9.17) is 8.14 Å². The Bertz CT molecular complexity index is 1360. The summed E-state index contributed by atoms with van der Waals surface area (Å²) in [5, 5.41) is 1.48. The first-order valence-electron chi connectivity index (χ1n) is 12.7. The average molecular weight is 590 g/mol. The van der Waals surface area contributed by atoms with Crippen LogP contribution in [-0.2, 0) is 20.6 Å². The molecule has 3 aromatic carbocycles. The second-order valence-electron chi connectivity index (χ2n) is 11.5. The SMILES string of the molecule is Cl.Cl.[CH2]=[Ti]([O]c1cc(C)cc(C(C)(C)C)c1)([C]1=C([SiH3])C(C)=C(C)C1C)([c]1ccccc1)[c]1ccccc1. The van der Waals surface area contributed by atoms with Gasteiger partial charge in [-0.05, 0) is 0 Å². The van der Waals surface area contributed by atoms with Crippen molar-refractivity contribution in [1.82, 2.24) is 0 Å². The van der Waals surface area contributed by atoms with Crippen molar-refractivity contribution in [1.29, 1.82) is 0 Å². The second-order valence-corrected chi connectivity index (χ2v) is 19.7. The van der Waals surface area contributed by atoms with Crippen molar-refractivity contribution in [3.8, 4) is 5.75 Å². The maximum absolute atomic E-state index is 7.62. The molecule has 5 heteroatoms. The Morgan fingerprint density at radius 3 is 1.70 bits per heavy atom. The van der Waals surface area contributed by atoms with Gasteiger partial charge < -0.3 is 0 Å². The summed E-state index contributed by atoms with van der Waals surface area (Å²) in [6, 6.07) is 28.6. The molecule has 1 aliphatic rings.